The summed E-state index contributed by atoms with van der Waals surface area (Å²) in [6.07, 6.45) is 3.20. The van der Waals surface area contributed by atoms with Crippen LogP contribution in [0.4, 0.5) is 0 Å². The van der Waals surface area contributed by atoms with E-state index in [1.54, 1.807) is 0 Å². The number of hydrogen-bond donors (Lipinski definition) is 0. The van der Waals surface area contributed by atoms with Gasteiger partial charge < -0.3 is 0 Å². The van der Waals surface area contributed by atoms with Crippen LogP contribution in [0.15, 0.2) is 12.4 Å². The van der Waals surface area contributed by atoms with Crippen molar-refractivity contribution >= 4 is 12.1 Å². The van der Waals surface area contributed by atoms with Crippen LogP contribution in [0.3, 0.4) is 0 Å². The second-order valence-corrected chi connectivity index (χ2v) is 2.00. The molecule has 0 atom stereocenters. The molecule has 0 spiro atoms. The van der Waals surface area contributed by atoms with Crippen molar-refractivity contribution in [1.82, 2.24) is 9.97 Å². The van der Waals surface area contributed by atoms with Crippen molar-refractivity contribution < 1.29 is 9.59 Å². The molecule has 1 aromatic heterocycles. The van der Waals surface area contributed by atoms with E-state index in [9.17, 15) is 9.59 Å². The summed E-state index contributed by atoms with van der Waals surface area (Å²) in [5.74, 6) is -0.0163. The van der Waals surface area contributed by atoms with Crippen LogP contribution in [-0.2, 0) is 0 Å². The third-order valence-corrected chi connectivity index (χ3v) is 1.18. The van der Waals surface area contributed by atoms with Gasteiger partial charge in [-0.1, -0.05) is 0 Å². The van der Waals surface area contributed by atoms with Gasteiger partial charge in [0.2, 0.25) is 0 Å². The molecule has 0 saturated carbocycles. The summed E-state index contributed by atoms with van der Waals surface area (Å²) in [7, 11) is 0. The van der Waals surface area contributed by atoms with Gasteiger partial charge in [0.1, 0.15) is 0 Å². The van der Waals surface area contributed by atoms with E-state index in [-0.39, 0.29) is 11.6 Å². The van der Waals surface area contributed by atoms with Crippen LogP contribution in [0.25, 0.3) is 0 Å². The van der Waals surface area contributed by atoms with Gasteiger partial charge in [-0.3, -0.25) is 9.59 Å². The normalized spacial score (nSPS) is 9.18. The predicted molar refractivity (Wildman–Crippen MR) is 37.4 cm³/mol. The van der Waals surface area contributed by atoms with Gasteiger partial charge in [-0.15, -0.1) is 0 Å². The van der Waals surface area contributed by atoms with Crippen LogP contribution in [0.2, 0.25) is 0 Å². The third kappa shape index (κ3) is 1.67. The van der Waals surface area contributed by atoms with Crippen molar-refractivity contribution in [2.45, 2.75) is 6.92 Å². The van der Waals surface area contributed by atoms with Crippen LogP contribution in [0.1, 0.15) is 27.9 Å². The number of rotatable bonds is 2. The Labute approximate surface area is 63.3 Å². The van der Waals surface area contributed by atoms with E-state index in [1.165, 1.54) is 19.3 Å². The maximum absolute atomic E-state index is 10.7. The molecule has 0 aromatic carbocycles. The number of ketones is 1. The second kappa shape index (κ2) is 3.01. The van der Waals surface area contributed by atoms with Crippen molar-refractivity contribution in [3.63, 3.8) is 0 Å². The van der Waals surface area contributed by atoms with E-state index < -0.39 is 0 Å². The highest BCUT2D eigenvalue weighted by Crippen LogP contribution is 1.94. The van der Waals surface area contributed by atoms with Gasteiger partial charge in [-0.25, -0.2) is 9.97 Å². The minimum absolute atomic E-state index is 0.0926. The molecule has 0 saturated heterocycles. The van der Waals surface area contributed by atoms with Crippen molar-refractivity contribution in [2.24, 2.45) is 0 Å². The highest BCUT2D eigenvalue weighted by molar-refractivity contribution is 5.93. The fourth-order valence-corrected chi connectivity index (χ4v) is 0.581. The number of aldehydes is 1. The first-order valence-corrected chi connectivity index (χ1v) is 3.02. The SMILES string of the molecule is CC(=O)c1cnc(C=O)nc1. The molecular formula is C7H6N2O2. The Morgan fingerprint density at radius 3 is 2.36 bits per heavy atom. The van der Waals surface area contributed by atoms with Gasteiger partial charge in [0.25, 0.3) is 0 Å². The molecule has 0 N–H and O–H groups in total. The summed E-state index contributed by atoms with van der Waals surface area (Å²) in [6.45, 7) is 1.42. The van der Waals surface area contributed by atoms with Crippen LogP contribution in [0, 0.1) is 0 Å². The van der Waals surface area contributed by atoms with Crippen molar-refractivity contribution in [1.29, 1.82) is 0 Å². The lowest BCUT2D eigenvalue weighted by Crippen LogP contribution is -1.98. The number of aromatic nitrogens is 2. The van der Waals surface area contributed by atoms with Gasteiger partial charge in [0.05, 0.1) is 5.56 Å². The highest BCUT2D eigenvalue weighted by atomic mass is 16.1. The quantitative estimate of drug-likeness (QED) is 0.454. The Morgan fingerprint density at radius 1 is 1.45 bits per heavy atom. The van der Waals surface area contributed by atoms with Crippen LogP contribution < -0.4 is 0 Å². The van der Waals surface area contributed by atoms with Gasteiger partial charge in [-0.2, -0.15) is 0 Å². The van der Waals surface area contributed by atoms with Crippen LogP contribution >= 0.6 is 0 Å². The Morgan fingerprint density at radius 2 is 2.00 bits per heavy atom. The van der Waals surface area contributed by atoms with Gasteiger partial charge in [0, 0.05) is 12.4 Å². The fourth-order valence-electron chi connectivity index (χ4n) is 0.581. The number of hydrogen-bond acceptors (Lipinski definition) is 4. The van der Waals surface area contributed by atoms with Crippen molar-refractivity contribution in [2.75, 3.05) is 0 Å². The molecule has 1 rings (SSSR count). The molecule has 11 heavy (non-hydrogen) atoms. The zero-order chi connectivity index (χ0) is 8.27. The number of carbonyl (C=O) groups is 2. The summed E-state index contributed by atoms with van der Waals surface area (Å²) in [6, 6.07) is 0. The maximum atomic E-state index is 10.7. The number of nitrogens with zero attached hydrogens (tertiary/aromatic N) is 2. The number of Topliss-reactive ketones (excluding diaryl/α,β-unsaturated/α-hetero) is 1. The first-order chi connectivity index (χ1) is 5.24. The Bertz CT molecular complexity index is 279. The van der Waals surface area contributed by atoms with E-state index in [2.05, 4.69) is 9.97 Å². The van der Waals surface area contributed by atoms with Gasteiger partial charge >= 0.3 is 0 Å². The van der Waals surface area contributed by atoms with Crippen molar-refractivity contribution in [3.8, 4) is 0 Å². The summed E-state index contributed by atoms with van der Waals surface area (Å²) in [5.41, 5.74) is 0.413. The molecule has 0 unspecified atom stereocenters. The summed E-state index contributed by atoms with van der Waals surface area (Å²) < 4.78 is 0. The molecule has 1 heterocycles. The summed E-state index contributed by atoms with van der Waals surface area (Å²) in [5, 5.41) is 0. The average Bonchev–Trinajstić information content (AvgIpc) is 2.05. The van der Waals surface area contributed by atoms with Crippen LogP contribution in [-0.4, -0.2) is 22.0 Å². The fraction of sp³-hybridized carbons (Fsp3) is 0.143. The van der Waals surface area contributed by atoms with Gasteiger partial charge in [-0.05, 0) is 6.92 Å². The van der Waals surface area contributed by atoms with E-state index in [1.807, 2.05) is 0 Å². The highest BCUT2D eigenvalue weighted by Gasteiger charge is 1.99. The molecule has 0 fully saturated rings. The molecular weight excluding hydrogens is 144 g/mol. The molecule has 56 valence electrons. The maximum Gasteiger partial charge on any atom is 0.192 e. The van der Waals surface area contributed by atoms with Crippen molar-refractivity contribution in [3.05, 3.63) is 23.8 Å². The lowest BCUT2D eigenvalue weighted by Gasteiger charge is -1.91. The summed E-state index contributed by atoms with van der Waals surface area (Å²) >= 11 is 0. The first kappa shape index (κ1) is 7.53. The summed E-state index contributed by atoms with van der Waals surface area (Å²) in [4.78, 5) is 28.0. The monoisotopic (exact) mass is 150 g/mol. The van der Waals surface area contributed by atoms with Crippen LogP contribution in [0.5, 0.6) is 0 Å². The predicted octanol–water partition coefficient (Wildman–Crippen LogP) is 0.492. The largest absolute Gasteiger partial charge is 0.294 e. The topological polar surface area (TPSA) is 59.9 Å². The Kier molecular flexibility index (Phi) is 2.06. The molecule has 0 amide bonds. The first-order valence-electron chi connectivity index (χ1n) is 3.02. The minimum atomic E-state index is -0.109. The molecule has 0 aliphatic carbocycles. The lowest BCUT2D eigenvalue weighted by molar-refractivity contribution is 0.101. The zero-order valence-electron chi connectivity index (χ0n) is 5.94. The second-order valence-electron chi connectivity index (χ2n) is 2.00. The van der Waals surface area contributed by atoms with E-state index >= 15 is 0 Å². The van der Waals surface area contributed by atoms with E-state index in [0.717, 1.165) is 0 Å². The average molecular weight is 150 g/mol. The molecule has 1 aromatic rings. The molecule has 0 bridgehead atoms. The number of carbonyl (C=O) groups excluding carboxylic acids is 2. The zero-order valence-corrected chi connectivity index (χ0v) is 5.94. The molecule has 0 aliphatic rings. The standard InChI is InChI=1S/C7H6N2O2/c1-5(11)6-2-8-7(4-10)9-3-6/h2-4H,1H3. The van der Waals surface area contributed by atoms with E-state index in [0.29, 0.717) is 11.8 Å². The Hall–Kier alpha value is -1.58. The lowest BCUT2D eigenvalue weighted by atomic mass is 10.2. The molecule has 0 aliphatic heterocycles. The molecule has 0 radical (unpaired) electrons. The van der Waals surface area contributed by atoms with E-state index in [4.69, 9.17) is 0 Å². The van der Waals surface area contributed by atoms with Gasteiger partial charge in [0.15, 0.2) is 17.9 Å². The third-order valence-electron chi connectivity index (χ3n) is 1.18. The Balaban J connectivity index is 3.00. The molecule has 4 heteroatoms. The minimum Gasteiger partial charge on any atom is -0.294 e. The smallest absolute Gasteiger partial charge is 0.192 e. The molecule has 4 nitrogen and oxygen atoms in total.